The van der Waals surface area contributed by atoms with E-state index in [1.165, 1.54) is 0 Å². The number of aliphatic hydroxyl groups excluding tert-OH is 1. The van der Waals surface area contributed by atoms with Crippen LogP contribution in [0.5, 0.6) is 0 Å². The van der Waals surface area contributed by atoms with Crippen molar-refractivity contribution >= 4 is 37.4 Å². The van der Waals surface area contributed by atoms with Crippen LogP contribution in [-0.2, 0) is 18.3 Å². The minimum Gasteiger partial charge on any atom is -0.386 e. The van der Waals surface area contributed by atoms with Gasteiger partial charge in [0, 0.05) is 41.8 Å². The third-order valence-electron chi connectivity index (χ3n) is 3.09. The Kier molecular flexibility index (Phi) is 4.94. The number of ether oxygens (including phenoxy) is 1. The molecule has 2 aliphatic heterocycles. The van der Waals surface area contributed by atoms with Gasteiger partial charge in [0.25, 0.3) is 5.56 Å². The summed E-state index contributed by atoms with van der Waals surface area (Å²) in [4.78, 5) is 33.9. The summed E-state index contributed by atoms with van der Waals surface area (Å²) in [7, 11) is -4.22. The smallest absolute Gasteiger partial charge is 0.386 e. The number of phosphoric ester groups is 1. The second kappa shape index (κ2) is 6.07. The first-order valence-electron chi connectivity index (χ1n) is 5.68. The average molecular weight is 329 g/mol. The summed E-state index contributed by atoms with van der Waals surface area (Å²) in [5, 5.41) is 10.1. The van der Waals surface area contributed by atoms with Crippen LogP contribution < -0.4 is 11.2 Å². The Bertz CT molecular complexity index is 689. The zero-order valence-electron chi connectivity index (χ0n) is 10.9. The Balaban J connectivity index is 0.00000161. The Hall–Kier alpha value is -0.290. The summed E-state index contributed by atoms with van der Waals surface area (Å²) >= 11 is 0. The molecular weight excluding hydrogens is 318 g/mol. The molecule has 0 saturated carbocycles. The molecule has 12 heteroatoms. The maximum absolute atomic E-state index is 11.6. The number of hydrogen-bond donors (Lipinski definition) is 3. The predicted octanol–water partition coefficient (Wildman–Crippen LogP) is -2.07. The fourth-order valence-electron chi connectivity index (χ4n) is 2.19. The minimum absolute atomic E-state index is 0. The van der Waals surface area contributed by atoms with Crippen LogP contribution in [0.4, 0.5) is 0 Å². The van der Waals surface area contributed by atoms with Crippen LogP contribution in [0.1, 0.15) is 6.23 Å². The number of rotatable bonds is 1. The van der Waals surface area contributed by atoms with Gasteiger partial charge in [-0.25, -0.2) is 9.36 Å². The number of aromatic nitrogens is 2. The van der Waals surface area contributed by atoms with Crippen molar-refractivity contribution in [2.45, 2.75) is 24.5 Å². The molecule has 3 rings (SSSR count). The molecule has 3 N–H and O–H groups in total. The van der Waals surface area contributed by atoms with Gasteiger partial charge in [0.1, 0.15) is 18.3 Å². The summed E-state index contributed by atoms with van der Waals surface area (Å²) in [5.41, 5.74) is -1.36. The summed E-state index contributed by atoms with van der Waals surface area (Å²) in [5.74, 6) is 0. The summed E-state index contributed by atoms with van der Waals surface area (Å²) in [6, 6.07) is 1.09. The summed E-state index contributed by atoms with van der Waals surface area (Å²) in [6.45, 7) is -0.246. The quantitative estimate of drug-likeness (QED) is 0.394. The number of hydrogen-bond acceptors (Lipinski definition) is 7. The Morgan fingerprint density at radius 2 is 2.14 bits per heavy atom. The van der Waals surface area contributed by atoms with Crippen molar-refractivity contribution < 1.29 is 28.3 Å². The van der Waals surface area contributed by atoms with Gasteiger partial charge in [-0.05, 0) is 0 Å². The van der Waals surface area contributed by atoms with Crippen LogP contribution in [0, 0.1) is 0 Å². The third kappa shape index (κ3) is 3.24. The molecule has 0 spiro atoms. The Morgan fingerprint density at radius 1 is 1.43 bits per heavy atom. The summed E-state index contributed by atoms with van der Waals surface area (Å²) in [6.07, 6.45) is -3.22. The fourth-order valence-corrected chi connectivity index (χ4v) is 3.16. The summed E-state index contributed by atoms with van der Waals surface area (Å²) < 4.78 is 27.0. The fraction of sp³-hybridized carbons (Fsp3) is 0.556. The van der Waals surface area contributed by atoms with Gasteiger partial charge in [-0.2, -0.15) is 0 Å². The molecule has 1 aromatic heterocycles. The van der Waals surface area contributed by atoms with Crippen LogP contribution in [0.3, 0.4) is 0 Å². The molecule has 1 aromatic rings. The van der Waals surface area contributed by atoms with E-state index in [2.05, 4.69) is 4.52 Å². The van der Waals surface area contributed by atoms with E-state index >= 15 is 0 Å². The van der Waals surface area contributed by atoms with Gasteiger partial charge in [-0.3, -0.25) is 23.4 Å². The topological polar surface area (TPSA) is 140 Å². The van der Waals surface area contributed by atoms with Gasteiger partial charge >= 0.3 is 13.5 Å². The molecule has 0 aliphatic carbocycles. The van der Waals surface area contributed by atoms with Crippen molar-refractivity contribution in [2.75, 3.05) is 6.61 Å². The molecule has 0 amide bonds. The molecule has 2 saturated heterocycles. The zero-order chi connectivity index (χ0) is 14.5. The van der Waals surface area contributed by atoms with Gasteiger partial charge in [-0.15, -0.1) is 0 Å². The Labute approximate surface area is 139 Å². The average Bonchev–Trinajstić information content (AvgIpc) is 2.66. The van der Waals surface area contributed by atoms with Gasteiger partial charge in [0.15, 0.2) is 6.23 Å². The van der Waals surface area contributed by atoms with Gasteiger partial charge in [0.05, 0.1) is 6.61 Å². The largest absolute Gasteiger partial charge is 0.472 e. The number of H-pyrrole nitrogens is 1. The van der Waals surface area contributed by atoms with E-state index in [1.54, 1.807) is 0 Å². The van der Waals surface area contributed by atoms with Crippen LogP contribution in [-0.4, -0.2) is 74.0 Å². The van der Waals surface area contributed by atoms with Crippen molar-refractivity contribution in [1.82, 2.24) is 9.55 Å². The second-order valence-electron chi connectivity index (χ2n) is 4.41. The van der Waals surface area contributed by atoms with Crippen LogP contribution in [0.25, 0.3) is 0 Å². The van der Waals surface area contributed by atoms with Crippen molar-refractivity contribution in [3.63, 3.8) is 0 Å². The van der Waals surface area contributed by atoms with Crippen LogP contribution in [0.15, 0.2) is 21.9 Å². The number of fused-ring (bicyclic) bond motifs is 1. The normalized spacial score (nSPS) is 38.6. The number of nitrogens with zero attached hydrogens (tertiary/aromatic N) is 1. The first-order chi connectivity index (χ1) is 9.37. The molecule has 2 aliphatic rings. The van der Waals surface area contributed by atoms with E-state index in [-0.39, 0.29) is 36.2 Å². The number of nitrogens with one attached hydrogen (secondary N) is 1. The molecule has 0 aromatic carbocycles. The molecule has 1 unspecified atom stereocenters. The van der Waals surface area contributed by atoms with Crippen molar-refractivity contribution in [3.05, 3.63) is 33.1 Å². The molecule has 3 heterocycles. The van der Waals surface area contributed by atoms with E-state index < -0.39 is 43.6 Å². The van der Waals surface area contributed by atoms with E-state index in [9.17, 15) is 24.2 Å². The van der Waals surface area contributed by atoms with Crippen LogP contribution >= 0.6 is 7.82 Å². The zero-order valence-corrected chi connectivity index (χ0v) is 13.8. The minimum atomic E-state index is -4.22. The molecule has 1 radical (unpaired) electrons. The SMILES string of the molecule is O=c1ccn([C@@H]2O[C@@H]3COP(=O)(O)O[C@H]3[C@H]2O)c(=O)[nH]1.[Na]. The number of aromatic amines is 1. The molecule has 0 bridgehead atoms. The van der Waals surface area contributed by atoms with Gasteiger partial charge in [0.2, 0.25) is 0 Å². The van der Waals surface area contributed by atoms with Crippen molar-refractivity contribution in [1.29, 1.82) is 0 Å². The van der Waals surface area contributed by atoms with Gasteiger partial charge in [-0.1, -0.05) is 0 Å². The van der Waals surface area contributed by atoms with E-state index in [1.807, 2.05) is 4.98 Å². The number of aliphatic hydroxyl groups is 1. The molecule has 111 valence electrons. The van der Waals surface area contributed by atoms with E-state index in [0.29, 0.717) is 0 Å². The molecule has 2 fully saturated rings. The number of phosphoric acid groups is 1. The molecular formula is C9H11N2NaO8P. The monoisotopic (exact) mass is 329 g/mol. The van der Waals surface area contributed by atoms with E-state index in [4.69, 9.17) is 9.26 Å². The Morgan fingerprint density at radius 3 is 2.81 bits per heavy atom. The van der Waals surface area contributed by atoms with Crippen molar-refractivity contribution in [3.8, 4) is 0 Å². The standard InChI is InChI=1S/C9H11N2O8P.Na/c12-5-1-2-11(9(14)10-5)8-6(13)7-4(18-8)3-17-20(15,16)19-7;/h1-2,4,6-8,13H,3H2,(H,15,16)(H,10,12,14);/t4-,6-,7-,8-;/m1./s1. The van der Waals surface area contributed by atoms with Crippen LogP contribution in [0.2, 0.25) is 0 Å². The third-order valence-corrected chi connectivity index (χ3v) is 4.08. The molecule has 21 heavy (non-hydrogen) atoms. The first-order valence-corrected chi connectivity index (χ1v) is 7.18. The first kappa shape index (κ1) is 17.1. The maximum atomic E-state index is 11.6. The molecule has 5 atom stereocenters. The molecule has 10 nitrogen and oxygen atoms in total. The predicted molar refractivity (Wildman–Crippen MR) is 67.6 cm³/mol. The van der Waals surface area contributed by atoms with Gasteiger partial charge < -0.3 is 14.7 Å². The maximum Gasteiger partial charge on any atom is 0.472 e. The van der Waals surface area contributed by atoms with Crippen molar-refractivity contribution in [2.24, 2.45) is 0 Å². The second-order valence-corrected chi connectivity index (χ2v) is 5.81. The van der Waals surface area contributed by atoms with E-state index in [0.717, 1.165) is 16.8 Å².